The third kappa shape index (κ3) is 5.32. The fourth-order valence-electron chi connectivity index (χ4n) is 2.58. The molecule has 0 fully saturated rings. The number of carbonyl (C=O) groups excluding carboxylic acids is 1. The number of aromatic nitrogens is 1. The van der Waals surface area contributed by atoms with Gasteiger partial charge in [-0.3, -0.25) is 14.5 Å². The summed E-state index contributed by atoms with van der Waals surface area (Å²) in [6.07, 6.45) is 2.73. The van der Waals surface area contributed by atoms with Crippen molar-refractivity contribution >= 4 is 21.6 Å². The maximum Gasteiger partial charge on any atom is 0.261 e. The molecule has 0 aliphatic carbocycles. The fraction of sp³-hybridized carbons (Fsp3) is 0.143. The number of nitrogens with one attached hydrogen (secondary N) is 2. The zero-order chi connectivity index (χ0) is 20.9. The van der Waals surface area contributed by atoms with E-state index in [0.717, 1.165) is 11.1 Å². The van der Waals surface area contributed by atoms with E-state index in [0.29, 0.717) is 12.3 Å². The van der Waals surface area contributed by atoms with E-state index in [4.69, 9.17) is 4.74 Å². The van der Waals surface area contributed by atoms with Crippen molar-refractivity contribution in [2.24, 2.45) is 0 Å². The third-order valence-electron chi connectivity index (χ3n) is 4.20. The molecule has 2 N–H and O–H groups in total. The van der Waals surface area contributed by atoms with E-state index in [1.807, 2.05) is 31.2 Å². The van der Waals surface area contributed by atoms with Crippen LogP contribution in [0, 0.1) is 6.92 Å². The van der Waals surface area contributed by atoms with Gasteiger partial charge in [-0.25, -0.2) is 8.42 Å². The molecule has 150 valence electrons. The summed E-state index contributed by atoms with van der Waals surface area (Å²) >= 11 is 0. The summed E-state index contributed by atoms with van der Waals surface area (Å²) in [6.45, 7) is 2.35. The summed E-state index contributed by atoms with van der Waals surface area (Å²) in [5.74, 6) is 0.210. The predicted octanol–water partition coefficient (Wildman–Crippen LogP) is 3.13. The van der Waals surface area contributed by atoms with Gasteiger partial charge in [-0.2, -0.15) is 0 Å². The van der Waals surface area contributed by atoms with Gasteiger partial charge >= 0.3 is 0 Å². The second-order valence-corrected chi connectivity index (χ2v) is 8.09. The normalized spacial score (nSPS) is 11.0. The number of amides is 1. The quantitative estimate of drug-likeness (QED) is 0.623. The van der Waals surface area contributed by atoms with Crippen molar-refractivity contribution in [1.29, 1.82) is 0 Å². The molecule has 0 unspecified atom stereocenters. The highest BCUT2D eigenvalue weighted by Crippen LogP contribution is 2.19. The van der Waals surface area contributed by atoms with E-state index in [1.54, 1.807) is 12.1 Å². The van der Waals surface area contributed by atoms with Gasteiger partial charge in [0.1, 0.15) is 5.75 Å². The van der Waals surface area contributed by atoms with Crippen LogP contribution in [0.1, 0.15) is 21.5 Å². The first-order valence-electron chi connectivity index (χ1n) is 8.83. The lowest BCUT2D eigenvalue weighted by atomic mass is 10.1. The van der Waals surface area contributed by atoms with Gasteiger partial charge in [0.05, 0.1) is 29.5 Å². The van der Waals surface area contributed by atoms with Crippen LogP contribution in [0.3, 0.4) is 0 Å². The Kier molecular flexibility index (Phi) is 6.13. The molecule has 1 heterocycles. The summed E-state index contributed by atoms with van der Waals surface area (Å²) in [5, 5.41) is 2.80. The lowest BCUT2D eigenvalue weighted by molar-refractivity contribution is 0.0950. The van der Waals surface area contributed by atoms with Gasteiger partial charge in [-0.05, 0) is 42.8 Å². The van der Waals surface area contributed by atoms with E-state index in [-0.39, 0.29) is 22.1 Å². The summed E-state index contributed by atoms with van der Waals surface area (Å²) in [5.41, 5.74) is 2.56. The van der Waals surface area contributed by atoms with Crippen LogP contribution >= 0.6 is 0 Å². The van der Waals surface area contributed by atoms with Crippen molar-refractivity contribution in [3.05, 3.63) is 83.7 Å². The first kappa shape index (κ1) is 20.3. The van der Waals surface area contributed by atoms with Crippen LogP contribution in [-0.2, 0) is 16.6 Å². The Hall–Kier alpha value is -3.39. The molecule has 8 heteroatoms. The highest BCUT2D eigenvalue weighted by molar-refractivity contribution is 7.92. The van der Waals surface area contributed by atoms with Crippen LogP contribution in [0.15, 0.2) is 71.9 Å². The zero-order valence-corrected chi connectivity index (χ0v) is 16.9. The molecule has 0 aliphatic rings. The van der Waals surface area contributed by atoms with Gasteiger partial charge in [0.2, 0.25) is 0 Å². The number of hydrogen-bond acceptors (Lipinski definition) is 5. The van der Waals surface area contributed by atoms with Gasteiger partial charge in [-0.1, -0.05) is 29.8 Å². The molecule has 1 aromatic heterocycles. The summed E-state index contributed by atoms with van der Waals surface area (Å²) in [4.78, 5) is 16.4. The molecule has 0 bridgehead atoms. The Bertz CT molecular complexity index is 1100. The van der Waals surface area contributed by atoms with Gasteiger partial charge in [0.15, 0.2) is 0 Å². The number of benzene rings is 2. The Balaban J connectivity index is 1.69. The first-order valence-corrected chi connectivity index (χ1v) is 10.3. The van der Waals surface area contributed by atoms with Crippen LogP contribution in [0.5, 0.6) is 5.75 Å². The molecular weight excluding hydrogens is 390 g/mol. The molecule has 7 nitrogen and oxygen atoms in total. The van der Waals surface area contributed by atoms with Crippen LogP contribution in [-0.4, -0.2) is 26.4 Å². The van der Waals surface area contributed by atoms with Crippen LogP contribution < -0.4 is 14.8 Å². The molecule has 2 aromatic carbocycles. The average Bonchev–Trinajstić information content (AvgIpc) is 2.73. The van der Waals surface area contributed by atoms with E-state index in [2.05, 4.69) is 15.0 Å². The third-order valence-corrected chi connectivity index (χ3v) is 5.59. The molecule has 0 spiro atoms. The number of sulfonamides is 1. The minimum atomic E-state index is -3.82. The molecule has 29 heavy (non-hydrogen) atoms. The van der Waals surface area contributed by atoms with Crippen molar-refractivity contribution < 1.29 is 17.9 Å². The summed E-state index contributed by atoms with van der Waals surface area (Å²) in [6, 6.07) is 15.2. The lowest BCUT2D eigenvalue weighted by Crippen LogP contribution is -2.23. The number of ether oxygens (including phenoxy) is 1. The average molecular weight is 411 g/mol. The molecule has 0 atom stereocenters. The number of nitrogens with zero attached hydrogens (tertiary/aromatic N) is 1. The standard InChI is InChI=1S/C21H21N3O4S/c1-15-3-5-16(6-4-15)12-23-21(25)17-11-18(14-22-13-17)24-29(26,27)20-9-7-19(28-2)8-10-20/h3-11,13-14,24H,12H2,1-2H3,(H,23,25). The molecule has 1 amide bonds. The predicted molar refractivity (Wildman–Crippen MR) is 110 cm³/mol. The van der Waals surface area contributed by atoms with E-state index < -0.39 is 10.0 Å². The van der Waals surface area contributed by atoms with Crippen molar-refractivity contribution in [2.45, 2.75) is 18.4 Å². The minimum absolute atomic E-state index is 0.0764. The van der Waals surface area contributed by atoms with Crippen LogP contribution in [0.4, 0.5) is 5.69 Å². The van der Waals surface area contributed by atoms with Gasteiger partial charge in [-0.15, -0.1) is 0 Å². The number of anilines is 1. The Labute approximate surface area is 169 Å². The second-order valence-electron chi connectivity index (χ2n) is 6.41. The van der Waals surface area contributed by atoms with Crippen molar-refractivity contribution in [1.82, 2.24) is 10.3 Å². The molecule has 0 aliphatic heterocycles. The summed E-state index contributed by atoms with van der Waals surface area (Å²) in [7, 11) is -2.31. The number of carbonyl (C=O) groups is 1. The first-order chi connectivity index (χ1) is 13.9. The smallest absolute Gasteiger partial charge is 0.261 e. The van der Waals surface area contributed by atoms with Gasteiger partial charge < -0.3 is 10.1 Å². The fourth-order valence-corrected chi connectivity index (χ4v) is 3.61. The highest BCUT2D eigenvalue weighted by atomic mass is 32.2. The van der Waals surface area contributed by atoms with E-state index in [1.165, 1.54) is 37.7 Å². The molecule has 0 saturated carbocycles. The van der Waals surface area contributed by atoms with Crippen LogP contribution in [0.25, 0.3) is 0 Å². The maximum atomic E-state index is 12.5. The molecule has 0 saturated heterocycles. The molecule has 0 radical (unpaired) electrons. The number of methoxy groups -OCH3 is 1. The monoisotopic (exact) mass is 411 g/mol. The van der Waals surface area contributed by atoms with Crippen molar-refractivity contribution in [3.63, 3.8) is 0 Å². The topological polar surface area (TPSA) is 97.4 Å². The SMILES string of the molecule is COc1ccc(S(=O)(=O)Nc2cncc(C(=O)NCc3ccc(C)cc3)c2)cc1. The number of pyridine rings is 1. The van der Waals surface area contributed by atoms with Crippen LogP contribution in [0.2, 0.25) is 0 Å². The number of aryl methyl sites for hydroxylation is 1. The Morgan fingerprint density at radius 1 is 1.03 bits per heavy atom. The number of hydrogen-bond donors (Lipinski definition) is 2. The maximum absolute atomic E-state index is 12.5. The molecule has 3 aromatic rings. The zero-order valence-electron chi connectivity index (χ0n) is 16.0. The van der Waals surface area contributed by atoms with Crippen molar-refractivity contribution in [3.8, 4) is 5.75 Å². The lowest BCUT2D eigenvalue weighted by Gasteiger charge is -2.10. The number of rotatable bonds is 7. The second kappa shape index (κ2) is 8.74. The van der Waals surface area contributed by atoms with Gasteiger partial charge in [0, 0.05) is 12.7 Å². The van der Waals surface area contributed by atoms with E-state index >= 15 is 0 Å². The summed E-state index contributed by atoms with van der Waals surface area (Å²) < 4.78 is 32.6. The molecular formula is C21H21N3O4S. The highest BCUT2D eigenvalue weighted by Gasteiger charge is 2.15. The van der Waals surface area contributed by atoms with Gasteiger partial charge in [0.25, 0.3) is 15.9 Å². The Morgan fingerprint density at radius 2 is 1.72 bits per heavy atom. The van der Waals surface area contributed by atoms with Crippen molar-refractivity contribution in [2.75, 3.05) is 11.8 Å². The molecule has 3 rings (SSSR count). The minimum Gasteiger partial charge on any atom is -0.497 e. The van der Waals surface area contributed by atoms with E-state index in [9.17, 15) is 13.2 Å². The Morgan fingerprint density at radius 3 is 2.38 bits per heavy atom. The largest absolute Gasteiger partial charge is 0.497 e.